The van der Waals surface area contributed by atoms with Crippen molar-refractivity contribution in [3.05, 3.63) is 0 Å². The van der Waals surface area contributed by atoms with E-state index in [1.54, 1.807) is 4.90 Å². The van der Waals surface area contributed by atoms with Crippen LogP contribution in [0.25, 0.3) is 0 Å². The number of nitrogens with zero attached hydrogens (tertiary/aromatic N) is 1. The van der Waals surface area contributed by atoms with Crippen LogP contribution in [0.3, 0.4) is 0 Å². The smallest absolute Gasteiger partial charge is 0.246 e. The third-order valence-corrected chi connectivity index (χ3v) is 3.79. The standard InChI is InChI=1S/C14H26N2O2/c1-7-10(6)11-14(18)16(9(4)5)12(8(2)3)13(17)15-11/h8-12H,7H2,1-6H3,(H,15,17). The first-order valence-corrected chi connectivity index (χ1v) is 6.93. The Balaban J connectivity index is 3.05. The van der Waals surface area contributed by atoms with E-state index in [2.05, 4.69) is 5.32 Å². The van der Waals surface area contributed by atoms with Gasteiger partial charge in [0.1, 0.15) is 12.1 Å². The summed E-state index contributed by atoms with van der Waals surface area (Å²) >= 11 is 0. The van der Waals surface area contributed by atoms with Gasteiger partial charge in [0.15, 0.2) is 0 Å². The molecule has 1 rings (SSSR count). The molecule has 1 saturated heterocycles. The van der Waals surface area contributed by atoms with Crippen LogP contribution in [0.2, 0.25) is 0 Å². The summed E-state index contributed by atoms with van der Waals surface area (Å²) in [5.41, 5.74) is 0. The zero-order valence-corrected chi connectivity index (χ0v) is 12.4. The Labute approximate surface area is 110 Å². The second-order valence-electron chi connectivity index (χ2n) is 5.90. The Kier molecular flexibility index (Phi) is 4.77. The predicted octanol–water partition coefficient (Wildman–Crippen LogP) is 1.79. The van der Waals surface area contributed by atoms with Gasteiger partial charge in [0.25, 0.3) is 0 Å². The van der Waals surface area contributed by atoms with Crippen LogP contribution in [0.4, 0.5) is 0 Å². The molecule has 18 heavy (non-hydrogen) atoms. The number of hydrogen-bond donors (Lipinski definition) is 1. The van der Waals surface area contributed by atoms with Gasteiger partial charge in [-0.15, -0.1) is 0 Å². The molecule has 0 saturated carbocycles. The maximum absolute atomic E-state index is 12.5. The molecular formula is C14H26N2O2. The molecule has 1 aliphatic heterocycles. The van der Waals surface area contributed by atoms with Crippen LogP contribution in [0.5, 0.6) is 0 Å². The average molecular weight is 254 g/mol. The summed E-state index contributed by atoms with van der Waals surface area (Å²) in [6.07, 6.45) is 0.884. The quantitative estimate of drug-likeness (QED) is 0.831. The highest BCUT2D eigenvalue weighted by atomic mass is 16.2. The molecule has 4 nitrogen and oxygen atoms in total. The minimum Gasteiger partial charge on any atom is -0.342 e. The number of amides is 2. The molecule has 104 valence electrons. The minimum atomic E-state index is -0.361. The van der Waals surface area contributed by atoms with Gasteiger partial charge >= 0.3 is 0 Å². The SMILES string of the molecule is CCC(C)C1NC(=O)C(C(C)C)N(C(C)C)C1=O. The molecule has 0 aromatic carbocycles. The molecular weight excluding hydrogens is 228 g/mol. The molecule has 0 radical (unpaired) electrons. The van der Waals surface area contributed by atoms with Crippen LogP contribution in [-0.2, 0) is 9.59 Å². The number of carbonyl (C=O) groups excluding carboxylic acids is 2. The van der Waals surface area contributed by atoms with Gasteiger partial charge in [-0.1, -0.05) is 34.1 Å². The summed E-state index contributed by atoms with van der Waals surface area (Å²) < 4.78 is 0. The second kappa shape index (κ2) is 5.72. The fourth-order valence-corrected chi connectivity index (χ4v) is 2.55. The van der Waals surface area contributed by atoms with E-state index < -0.39 is 0 Å². The number of carbonyl (C=O) groups is 2. The van der Waals surface area contributed by atoms with Gasteiger partial charge in [0.05, 0.1) is 0 Å². The van der Waals surface area contributed by atoms with Crippen LogP contribution in [0, 0.1) is 11.8 Å². The van der Waals surface area contributed by atoms with Crippen molar-refractivity contribution >= 4 is 11.8 Å². The first-order chi connectivity index (χ1) is 8.31. The topological polar surface area (TPSA) is 49.4 Å². The van der Waals surface area contributed by atoms with Crippen LogP contribution >= 0.6 is 0 Å². The Bertz CT molecular complexity index is 326. The summed E-state index contributed by atoms with van der Waals surface area (Å²) in [5.74, 6) is 0.367. The summed E-state index contributed by atoms with van der Waals surface area (Å²) in [7, 11) is 0. The summed E-state index contributed by atoms with van der Waals surface area (Å²) in [6.45, 7) is 12.0. The van der Waals surface area contributed by atoms with E-state index in [0.717, 1.165) is 6.42 Å². The van der Waals surface area contributed by atoms with Crippen LogP contribution < -0.4 is 5.32 Å². The van der Waals surface area contributed by atoms with Crippen molar-refractivity contribution in [2.75, 3.05) is 0 Å². The summed E-state index contributed by atoms with van der Waals surface area (Å²) in [6, 6.07) is -0.639. The summed E-state index contributed by atoms with van der Waals surface area (Å²) in [4.78, 5) is 26.5. The highest BCUT2D eigenvalue weighted by Gasteiger charge is 2.44. The van der Waals surface area contributed by atoms with Gasteiger partial charge in [-0.25, -0.2) is 0 Å². The lowest BCUT2D eigenvalue weighted by molar-refractivity contribution is -0.154. The highest BCUT2D eigenvalue weighted by molar-refractivity contribution is 5.97. The molecule has 1 N–H and O–H groups in total. The van der Waals surface area contributed by atoms with Gasteiger partial charge in [-0.05, 0) is 25.7 Å². The van der Waals surface area contributed by atoms with E-state index in [9.17, 15) is 9.59 Å². The number of rotatable bonds is 4. The lowest BCUT2D eigenvalue weighted by atomic mass is 9.90. The zero-order valence-electron chi connectivity index (χ0n) is 12.4. The highest BCUT2D eigenvalue weighted by Crippen LogP contribution is 2.23. The fourth-order valence-electron chi connectivity index (χ4n) is 2.55. The minimum absolute atomic E-state index is 0.0106. The van der Waals surface area contributed by atoms with Crippen LogP contribution in [0.1, 0.15) is 48.0 Å². The molecule has 0 aromatic heterocycles. The third kappa shape index (κ3) is 2.68. The Hall–Kier alpha value is -1.06. The first kappa shape index (κ1) is 15.0. The molecule has 4 heteroatoms. The van der Waals surface area contributed by atoms with Crippen LogP contribution in [-0.4, -0.2) is 34.8 Å². The van der Waals surface area contributed by atoms with E-state index in [1.165, 1.54) is 0 Å². The Morgan fingerprint density at radius 2 is 1.72 bits per heavy atom. The van der Waals surface area contributed by atoms with Crippen molar-refractivity contribution in [3.63, 3.8) is 0 Å². The van der Waals surface area contributed by atoms with Gasteiger partial charge in [-0.3, -0.25) is 9.59 Å². The predicted molar refractivity (Wildman–Crippen MR) is 72.0 cm³/mol. The maximum Gasteiger partial charge on any atom is 0.246 e. The fraction of sp³-hybridized carbons (Fsp3) is 0.857. The van der Waals surface area contributed by atoms with Crippen molar-refractivity contribution < 1.29 is 9.59 Å². The van der Waals surface area contributed by atoms with Crippen molar-refractivity contribution in [1.29, 1.82) is 0 Å². The van der Waals surface area contributed by atoms with Crippen molar-refractivity contribution in [2.45, 2.75) is 66.1 Å². The van der Waals surface area contributed by atoms with E-state index in [0.29, 0.717) is 0 Å². The Morgan fingerprint density at radius 3 is 2.11 bits per heavy atom. The van der Waals surface area contributed by atoms with Crippen molar-refractivity contribution in [1.82, 2.24) is 10.2 Å². The molecule has 0 spiro atoms. The lowest BCUT2D eigenvalue weighted by Gasteiger charge is -2.44. The average Bonchev–Trinajstić information content (AvgIpc) is 2.29. The van der Waals surface area contributed by atoms with E-state index in [4.69, 9.17) is 0 Å². The molecule has 1 fully saturated rings. The molecule has 1 aliphatic rings. The van der Waals surface area contributed by atoms with E-state index in [-0.39, 0.29) is 41.8 Å². The largest absolute Gasteiger partial charge is 0.342 e. The van der Waals surface area contributed by atoms with E-state index in [1.807, 2.05) is 41.5 Å². The van der Waals surface area contributed by atoms with Crippen LogP contribution in [0.15, 0.2) is 0 Å². The lowest BCUT2D eigenvalue weighted by Crippen LogP contribution is -2.67. The van der Waals surface area contributed by atoms with Gasteiger partial charge in [-0.2, -0.15) is 0 Å². The normalized spacial score (nSPS) is 26.8. The molecule has 0 aromatic rings. The molecule has 2 amide bonds. The Morgan fingerprint density at radius 1 is 1.17 bits per heavy atom. The van der Waals surface area contributed by atoms with Gasteiger partial charge in [0, 0.05) is 6.04 Å². The molecule has 3 atom stereocenters. The molecule has 3 unspecified atom stereocenters. The molecule has 0 bridgehead atoms. The first-order valence-electron chi connectivity index (χ1n) is 6.93. The van der Waals surface area contributed by atoms with Crippen molar-refractivity contribution in [3.8, 4) is 0 Å². The van der Waals surface area contributed by atoms with E-state index >= 15 is 0 Å². The third-order valence-electron chi connectivity index (χ3n) is 3.79. The van der Waals surface area contributed by atoms with Crippen molar-refractivity contribution in [2.24, 2.45) is 11.8 Å². The number of piperazine rings is 1. The zero-order chi connectivity index (χ0) is 14.0. The second-order valence-corrected chi connectivity index (χ2v) is 5.90. The maximum atomic E-state index is 12.5. The monoisotopic (exact) mass is 254 g/mol. The van der Waals surface area contributed by atoms with Gasteiger partial charge in [0.2, 0.25) is 11.8 Å². The van der Waals surface area contributed by atoms with Gasteiger partial charge < -0.3 is 10.2 Å². The number of hydrogen-bond acceptors (Lipinski definition) is 2. The summed E-state index contributed by atoms with van der Waals surface area (Å²) in [5, 5.41) is 2.90. The number of nitrogens with one attached hydrogen (secondary N) is 1. The molecule has 0 aliphatic carbocycles. The molecule has 1 heterocycles.